The summed E-state index contributed by atoms with van der Waals surface area (Å²) in [4.78, 5) is 12.2. The van der Waals surface area contributed by atoms with E-state index in [0.29, 0.717) is 16.8 Å². The average Bonchev–Trinajstić information content (AvgIpc) is 3.26. The normalized spacial score (nSPS) is 11.0. The molecular formula is C13H9N7O2S. The van der Waals surface area contributed by atoms with Gasteiger partial charge >= 0.3 is 6.01 Å². The lowest BCUT2D eigenvalue weighted by Crippen LogP contribution is -2.12. The lowest BCUT2D eigenvalue weighted by Gasteiger charge is -2.00. The number of amides is 1. The first-order chi connectivity index (χ1) is 11.2. The molecule has 1 N–H and O–H groups in total. The fraction of sp³-hybridized carbons (Fsp3) is 0.0769. The Bertz CT molecular complexity index is 1000. The second-order valence-corrected chi connectivity index (χ2v) is 5.20. The maximum atomic E-state index is 12.2. The highest BCUT2D eigenvalue weighted by atomic mass is 32.1. The molecule has 3 heterocycles. The third kappa shape index (κ3) is 2.44. The summed E-state index contributed by atoms with van der Waals surface area (Å²) in [5, 5.41) is 14.3. The summed E-state index contributed by atoms with van der Waals surface area (Å²) in [5.41, 5.74) is 2.52. The number of anilines is 1. The van der Waals surface area contributed by atoms with Crippen molar-refractivity contribution in [2.24, 2.45) is 7.05 Å². The molecule has 0 fully saturated rings. The van der Waals surface area contributed by atoms with Crippen LogP contribution in [0.1, 0.15) is 10.4 Å². The zero-order valence-corrected chi connectivity index (χ0v) is 12.6. The molecule has 0 aliphatic rings. The number of carbonyl (C=O) groups excluding carboxylic acids is 1. The van der Waals surface area contributed by atoms with E-state index in [1.54, 1.807) is 42.2 Å². The molecule has 23 heavy (non-hydrogen) atoms. The monoisotopic (exact) mass is 327 g/mol. The van der Waals surface area contributed by atoms with Crippen molar-refractivity contribution in [3.8, 4) is 11.6 Å². The Hall–Kier alpha value is -3.14. The maximum Gasteiger partial charge on any atom is 0.322 e. The topological polar surface area (TPSA) is 112 Å². The Morgan fingerprint density at radius 1 is 1.22 bits per heavy atom. The molecule has 3 aromatic heterocycles. The van der Waals surface area contributed by atoms with Gasteiger partial charge < -0.3 is 4.42 Å². The quantitative estimate of drug-likeness (QED) is 0.609. The van der Waals surface area contributed by atoms with Gasteiger partial charge in [-0.1, -0.05) is 5.10 Å². The van der Waals surface area contributed by atoms with Gasteiger partial charge in [-0.3, -0.25) is 14.8 Å². The van der Waals surface area contributed by atoms with Crippen LogP contribution < -0.4 is 5.32 Å². The molecule has 0 unspecified atom stereocenters. The molecule has 0 aliphatic heterocycles. The Balaban J connectivity index is 1.57. The summed E-state index contributed by atoms with van der Waals surface area (Å²) in [6.07, 6.45) is 1.62. The average molecular weight is 327 g/mol. The van der Waals surface area contributed by atoms with E-state index < -0.39 is 0 Å². The highest BCUT2D eigenvalue weighted by molar-refractivity contribution is 7.00. The molecule has 0 saturated carbocycles. The Kier molecular flexibility index (Phi) is 3.08. The van der Waals surface area contributed by atoms with Crippen molar-refractivity contribution < 1.29 is 9.21 Å². The number of fused-ring (bicyclic) bond motifs is 1. The van der Waals surface area contributed by atoms with Gasteiger partial charge in [0.1, 0.15) is 16.7 Å². The minimum atomic E-state index is -0.361. The van der Waals surface area contributed by atoms with Crippen molar-refractivity contribution in [1.29, 1.82) is 0 Å². The van der Waals surface area contributed by atoms with E-state index in [-0.39, 0.29) is 17.8 Å². The van der Waals surface area contributed by atoms with Gasteiger partial charge in [0.05, 0.1) is 11.7 Å². The first-order valence-corrected chi connectivity index (χ1v) is 7.29. The second-order valence-electron chi connectivity index (χ2n) is 4.67. The number of nitrogens with zero attached hydrogens (tertiary/aromatic N) is 6. The fourth-order valence-corrected chi connectivity index (χ4v) is 2.57. The molecule has 0 aliphatic carbocycles. The van der Waals surface area contributed by atoms with Crippen LogP contribution >= 0.6 is 11.7 Å². The minimum absolute atomic E-state index is 0.0164. The van der Waals surface area contributed by atoms with Crippen molar-refractivity contribution in [2.75, 3.05) is 5.32 Å². The number of hydrogen-bond donors (Lipinski definition) is 1. The summed E-state index contributed by atoms with van der Waals surface area (Å²) in [6.45, 7) is 0. The van der Waals surface area contributed by atoms with Crippen LogP contribution in [0.5, 0.6) is 0 Å². The smallest absolute Gasteiger partial charge is 0.322 e. The number of hydrogen-bond acceptors (Lipinski definition) is 8. The lowest BCUT2D eigenvalue weighted by molar-refractivity contribution is 0.102. The van der Waals surface area contributed by atoms with Crippen LogP contribution in [0, 0.1) is 0 Å². The van der Waals surface area contributed by atoms with E-state index in [1.807, 2.05) is 0 Å². The van der Waals surface area contributed by atoms with Gasteiger partial charge in [-0.2, -0.15) is 13.8 Å². The number of benzene rings is 1. The third-order valence-corrected chi connectivity index (χ3v) is 3.76. The molecule has 0 atom stereocenters. The van der Waals surface area contributed by atoms with Gasteiger partial charge in [0, 0.05) is 18.8 Å². The lowest BCUT2D eigenvalue weighted by atomic mass is 10.2. The van der Waals surface area contributed by atoms with Gasteiger partial charge in [-0.15, -0.1) is 5.10 Å². The summed E-state index contributed by atoms with van der Waals surface area (Å²) < 4.78 is 15.2. The van der Waals surface area contributed by atoms with E-state index in [2.05, 4.69) is 29.4 Å². The largest absolute Gasteiger partial charge is 0.401 e. The number of rotatable bonds is 3. The van der Waals surface area contributed by atoms with Crippen molar-refractivity contribution in [3.05, 3.63) is 36.0 Å². The first-order valence-electron chi connectivity index (χ1n) is 6.56. The Morgan fingerprint density at radius 2 is 2.09 bits per heavy atom. The van der Waals surface area contributed by atoms with Crippen molar-refractivity contribution in [3.63, 3.8) is 0 Å². The zero-order valence-electron chi connectivity index (χ0n) is 11.8. The van der Waals surface area contributed by atoms with Gasteiger partial charge in [-0.05, 0) is 24.3 Å². The molecule has 0 saturated heterocycles. The van der Waals surface area contributed by atoms with Crippen LogP contribution in [0.25, 0.3) is 22.6 Å². The molecule has 4 rings (SSSR count). The predicted octanol–water partition coefficient (Wildman–Crippen LogP) is 1.73. The maximum absolute atomic E-state index is 12.2. The minimum Gasteiger partial charge on any atom is -0.401 e. The Morgan fingerprint density at radius 3 is 2.91 bits per heavy atom. The molecule has 0 bridgehead atoms. The first kappa shape index (κ1) is 13.5. The predicted molar refractivity (Wildman–Crippen MR) is 81.9 cm³/mol. The van der Waals surface area contributed by atoms with Crippen LogP contribution in [0.3, 0.4) is 0 Å². The summed E-state index contributed by atoms with van der Waals surface area (Å²) in [5.74, 6) is -0.0837. The van der Waals surface area contributed by atoms with E-state index in [9.17, 15) is 4.79 Å². The number of nitrogens with one attached hydrogen (secondary N) is 1. The standard InChI is InChI=1S/C13H9N7O2S/c1-20-10(4-5-14-20)12-16-17-13(22-12)15-11(21)7-2-3-8-9(6-7)19-23-18-8/h2-6H,1H3,(H,15,17,21). The van der Waals surface area contributed by atoms with Crippen LogP contribution in [0.2, 0.25) is 0 Å². The zero-order chi connectivity index (χ0) is 15.8. The van der Waals surface area contributed by atoms with Crippen molar-refractivity contribution in [2.45, 2.75) is 0 Å². The molecule has 0 radical (unpaired) electrons. The van der Waals surface area contributed by atoms with E-state index in [0.717, 1.165) is 17.2 Å². The van der Waals surface area contributed by atoms with Gasteiger partial charge in [0.25, 0.3) is 11.8 Å². The molecule has 10 heteroatoms. The van der Waals surface area contributed by atoms with E-state index in [4.69, 9.17) is 4.42 Å². The van der Waals surface area contributed by atoms with Crippen LogP contribution in [-0.2, 0) is 7.05 Å². The molecule has 0 spiro atoms. The van der Waals surface area contributed by atoms with Crippen LogP contribution in [-0.4, -0.2) is 34.6 Å². The van der Waals surface area contributed by atoms with Crippen LogP contribution in [0.4, 0.5) is 6.01 Å². The van der Waals surface area contributed by atoms with Gasteiger partial charge in [0.15, 0.2) is 0 Å². The number of aromatic nitrogens is 6. The van der Waals surface area contributed by atoms with Crippen molar-refractivity contribution >= 4 is 34.7 Å². The molecule has 1 aromatic carbocycles. The molecule has 114 valence electrons. The summed E-state index contributed by atoms with van der Waals surface area (Å²) >= 11 is 1.10. The summed E-state index contributed by atoms with van der Waals surface area (Å²) in [6, 6.07) is 6.82. The molecular weight excluding hydrogens is 318 g/mol. The van der Waals surface area contributed by atoms with Gasteiger partial charge in [-0.25, -0.2) is 0 Å². The second kappa shape index (κ2) is 5.25. The fourth-order valence-electron chi connectivity index (χ4n) is 2.05. The summed E-state index contributed by atoms with van der Waals surface area (Å²) in [7, 11) is 1.76. The van der Waals surface area contributed by atoms with Gasteiger partial charge in [0.2, 0.25) is 0 Å². The molecule has 1 amide bonds. The van der Waals surface area contributed by atoms with Crippen molar-refractivity contribution in [1.82, 2.24) is 28.7 Å². The third-order valence-electron chi connectivity index (χ3n) is 3.20. The number of aryl methyl sites for hydroxylation is 1. The van der Waals surface area contributed by atoms with E-state index in [1.165, 1.54) is 0 Å². The Labute approximate surface area is 133 Å². The van der Waals surface area contributed by atoms with Crippen LogP contribution in [0.15, 0.2) is 34.9 Å². The number of carbonyl (C=O) groups is 1. The molecule has 9 nitrogen and oxygen atoms in total. The molecule has 4 aromatic rings. The highest BCUT2D eigenvalue weighted by Gasteiger charge is 2.15. The highest BCUT2D eigenvalue weighted by Crippen LogP contribution is 2.19. The van der Waals surface area contributed by atoms with E-state index >= 15 is 0 Å². The SMILES string of the molecule is Cn1nccc1-c1nnc(NC(=O)c2ccc3nsnc3c2)o1.